The molecule has 0 saturated carbocycles. The Balaban J connectivity index is 0.898. The molecule has 0 aliphatic heterocycles. The molecule has 12 aromatic carbocycles. The topological polar surface area (TPSA) is 14.1 Å². The molecule has 1 nitrogen and oxygen atoms in total. The summed E-state index contributed by atoms with van der Waals surface area (Å²) < 4.78 is 0. The van der Waals surface area contributed by atoms with Crippen molar-refractivity contribution in [3.63, 3.8) is 0 Å². The Hall–Kier alpha value is -6.96. The Morgan fingerprint density at radius 2 is 0.358 bits per heavy atom. The summed E-state index contributed by atoms with van der Waals surface area (Å²) in [5, 5.41) is 30.2. The van der Waals surface area contributed by atoms with Crippen molar-refractivity contribution in [3.8, 4) is 0 Å². The molecule has 0 saturated heterocycles. The van der Waals surface area contributed by atoms with E-state index in [1.807, 2.05) is 0 Å². The molecule has 0 unspecified atom stereocenters. The summed E-state index contributed by atoms with van der Waals surface area (Å²) in [7, 11) is 0. The summed E-state index contributed by atoms with van der Waals surface area (Å²) >= 11 is 0. The van der Waals surface area contributed by atoms with E-state index >= 15 is 0 Å². The highest BCUT2D eigenvalue weighted by Crippen LogP contribution is 2.35. The van der Waals surface area contributed by atoms with E-state index in [0.717, 1.165) is 11.4 Å². The fourth-order valence-corrected chi connectivity index (χ4v) is 8.65. The first-order chi connectivity index (χ1) is 26.1. The van der Waals surface area contributed by atoms with Crippen LogP contribution in [0.15, 0.2) is 182 Å². The largest absolute Gasteiger partial charge is 0.249 e. The predicted molar refractivity (Wildman–Crippen MR) is 229 cm³/mol. The number of hydrogen-bond acceptors (Lipinski definition) is 0. The van der Waals surface area contributed by atoms with Crippen LogP contribution in [0, 0.1) is 0 Å². The van der Waals surface area contributed by atoms with Crippen molar-refractivity contribution < 1.29 is 0 Å². The summed E-state index contributed by atoms with van der Waals surface area (Å²) in [4.78, 5) is 0. The Morgan fingerprint density at radius 3 is 0.604 bits per heavy atom. The average Bonchev–Trinajstić information content (AvgIpc) is 3.17. The van der Waals surface area contributed by atoms with E-state index in [0.29, 0.717) is 0 Å². The zero-order valence-electron chi connectivity index (χ0n) is 28.8. The fourth-order valence-electron chi connectivity index (χ4n) is 8.65. The second-order valence-electron chi connectivity index (χ2n) is 14.8. The van der Waals surface area contributed by atoms with Gasteiger partial charge < -0.3 is 0 Å². The number of hydrogen-bond donors (Lipinski definition) is 0. The third-order valence-corrected chi connectivity index (χ3v) is 11.4. The molecule has 12 rings (SSSR count). The number of benzene rings is 12. The van der Waals surface area contributed by atoms with Crippen LogP contribution in [0.4, 0.5) is 11.4 Å². The van der Waals surface area contributed by atoms with Gasteiger partial charge in [-0.15, -0.1) is 0 Å². The van der Waals surface area contributed by atoms with Crippen LogP contribution in [0.2, 0.25) is 0 Å². The molecule has 0 bridgehead atoms. The highest BCUT2D eigenvalue weighted by molar-refractivity contribution is 6.12. The summed E-state index contributed by atoms with van der Waals surface area (Å²) in [5.41, 5.74) is 1.92. The lowest BCUT2D eigenvalue weighted by Gasteiger charge is -2.10. The molecule has 12 aromatic rings. The third-order valence-electron chi connectivity index (χ3n) is 11.4. The van der Waals surface area contributed by atoms with Gasteiger partial charge in [0, 0.05) is 0 Å². The van der Waals surface area contributed by atoms with Gasteiger partial charge in [0.05, 0.1) is 11.4 Å². The molecule has 0 amide bonds. The second-order valence-corrected chi connectivity index (χ2v) is 14.8. The fraction of sp³-hybridized carbons (Fsp3) is 0. The summed E-state index contributed by atoms with van der Waals surface area (Å²) in [6.07, 6.45) is 0. The molecule has 53 heavy (non-hydrogen) atoms. The molecule has 0 aliphatic rings. The van der Waals surface area contributed by atoms with Crippen molar-refractivity contribution >= 4 is 119 Å². The maximum Gasteiger partial charge on any atom is 0.0643 e. The van der Waals surface area contributed by atoms with E-state index in [9.17, 15) is 0 Å². The van der Waals surface area contributed by atoms with Crippen molar-refractivity contribution in [3.05, 3.63) is 182 Å². The molecule has 0 atom stereocenters. The van der Waals surface area contributed by atoms with Crippen molar-refractivity contribution in [2.75, 3.05) is 0 Å². The van der Waals surface area contributed by atoms with Crippen LogP contribution >= 0.6 is 0 Å². The standard InChI is InChI=1S/C52H30N/c1-3-7-33-15-39-21-45-25-47-27-49-29-51(11-9-35(49)17-41(47)23-43(45)19-37(39)13-31(33)5-1)53-52-12-10-36-18-42-24-44-20-38-14-32-6-2-4-8-34(32)16-40(38)22-46(44)26-48(42)28-50(36)30-52/h1-30H. The Kier molecular flexibility index (Phi) is 5.84. The highest BCUT2D eigenvalue weighted by Gasteiger charge is 2.09. The molecule has 0 aromatic heterocycles. The predicted octanol–water partition coefficient (Wildman–Crippen LogP) is 14.8. The molecule has 243 valence electrons. The highest BCUT2D eigenvalue weighted by atomic mass is 14.9. The van der Waals surface area contributed by atoms with Crippen molar-refractivity contribution in [1.29, 1.82) is 0 Å². The van der Waals surface area contributed by atoms with Gasteiger partial charge in [-0.25, -0.2) is 5.32 Å². The quantitative estimate of drug-likeness (QED) is 0.163. The Labute approximate surface area is 305 Å². The first-order valence-corrected chi connectivity index (χ1v) is 18.3. The van der Waals surface area contributed by atoms with Gasteiger partial charge in [0.25, 0.3) is 0 Å². The molecular weight excluding hydrogens is 639 g/mol. The van der Waals surface area contributed by atoms with Gasteiger partial charge in [-0.2, -0.15) is 0 Å². The molecule has 0 N–H and O–H groups in total. The minimum absolute atomic E-state index is 0.959. The number of rotatable bonds is 2. The van der Waals surface area contributed by atoms with Gasteiger partial charge in [-0.3, -0.25) is 0 Å². The Morgan fingerprint density at radius 1 is 0.170 bits per heavy atom. The first-order valence-electron chi connectivity index (χ1n) is 18.3. The summed E-state index contributed by atoms with van der Waals surface area (Å²) in [6, 6.07) is 67.5. The van der Waals surface area contributed by atoms with Crippen molar-refractivity contribution in [1.82, 2.24) is 5.32 Å². The van der Waals surface area contributed by atoms with E-state index in [4.69, 9.17) is 5.32 Å². The first kappa shape index (κ1) is 28.7. The number of fused-ring (bicyclic) bond motifs is 10. The van der Waals surface area contributed by atoms with E-state index < -0.39 is 0 Å². The van der Waals surface area contributed by atoms with Gasteiger partial charge in [0.2, 0.25) is 0 Å². The van der Waals surface area contributed by atoms with Crippen LogP contribution in [-0.2, 0) is 0 Å². The maximum absolute atomic E-state index is 5.12. The lowest BCUT2D eigenvalue weighted by atomic mass is 9.96. The van der Waals surface area contributed by atoms with Crippen LogP contribution in [-0.4, -0.2) is 0 Å². The lowest BCUT2D eigenvalue weighted by Crippen LogP contribution is -1.89. The van der Waals surface area contributed by atoms with Crippen molar-refractivity contribution in [2.45, 2.75) is 0 Å². The molecule has 0 aliphatic carbocycles. The summed E-state index contributed by atoms with van der Waals surface area (Å²) in [5.74, 6) is 0. The van der Waals surface area contributed by atoms with Crippen LogP contribution in [0.5, 0.6) is 0 Å². The van der Waals surface area contributed by atoms with Crippen LogP contribution in [0.1, 0.15) is 0 Å². The average molecular weight is 669 g/mol. The van der Waals surface area contributed by atoms with Gasteiger partial charge >= 0.3 is 0 Å². The smallest absolute Gasteiger partial charge is 0.0643 e. The molecule has 0 heterocycles. The SMILES string of the molecule is c1ccc2cc3cc4cc5cc6cc([N]c7ccc8cc9cc%10cc%11cc%12ccccc%12cc%11cc%10cc9cc8c7)ccc6cc5cc4cc3cc2c1. The van der Waals surface area contributed by atoms with Gasteiger partial charge in [-0.1, -0.05) is 60.7 Å². The van der Waals surface area contributed by atoms with E-state index in [2.05, 4.69) is 182 Å². The van der Waals surface area contributed by atoms with Crippen LogP contribution < -0.4 is 5.32 Å². The molecule has 1 heteroatoms. The van der Waals surface area contributed by atoms with Gasteiger partial charge in [0.1, 0.15) is 0 Å². The van der Waals surface area contributed by atoms with Gasteiger partial charge in [-0.05, 0) is 229 Å². The normalized spacial score (nSPS) is 12.2. The maximum atomic E-state index is 5.12. The monoisotopic (exact) mass is 668 g/mol. The minimum Gasteiger partial charge on any atom is -0.249 e. The van der Waals surface area contributed by atoms with E-state index in [-0.39, 0.29) is 0 Å². The summed E-state index contributed by atoms with van der Waals surface area (Å²) in [6.45, 7) is 0. The molecule has 1 radical (unpaired) electrons. The molecule has 0 fully saturated rings. The molecular formula is C52H30N. The van der Waals surface area contributed by atoms with Gasteiger partial charge in [0.15, 0.2) is 0 Å². The zero-order chi connectivity index (χ0) is 34.6. The Bertz CT molecular complexity index is 3300. The van der Waals surface area contributed by atoms with E-state index in [1.165, 1.54) is 108 Å². The minimum atomic E-state index is 0.959. The van der Waals surface area contributed by atoms with Crippen LogP contribution in [0.25, 0.3) is 108 Å². The zero-order valence-corrected chi connectivity index (χ0v) is 28.8. The number of nitrogens with zero attached hydrogens (tertiary/aromatic N) is 1. The second kappa shape index (κ2) is 10.8. The third kappa shape index (κ3) is 4.71. The van der Waals surface area contributed by atoms with E-state index in [1.54, 1.807) is 0 Å². The van der Waals surface area contributed by atoms with Crippen LogP contribution in [0.3, 0.4) is 0 Å². The molecule has 0 spiro atoms. The lowest BCUT2D eigenvalue weighted by molar-refractivity contribution is 1.20. The van der Waals surface area contributed by atoms with Crippen molar-refractivity contribution in [2.24, 2.45) is 0 Å².